The molecule has 1 saturated heterocycles. The van der Waals surface area contributed by atoms with Crippen molar-refractivity contribution in [2.45, 2.75) is 57.3 Å². The number of Topliss-reactive ketones (excluding diaryl/α,β-unsaturated/α-hetero) is 2. The Morgan fingerprint density at radius 1 is 0.878 bits per heavy atom. The van der Waals surface area contributed by atoms with E-state index in [0.717, 1.165) is 49.2 Å². The van der Waals surface area contributed by atoms with Crippen LogP contribution in [0.3, 0.4) is 0 Å². The van der Waals surface area contributed by atoms with Gasteiger partial charge in [0.25, 0.3) is 0 Å². The Morgan fingerprint density at radius 3 is 1.85 bits per heavy atom. The predicted octanol–water partition coefficient (Wildman–Crippen LogP) is 6.48. The van der Waals surface area contributed by atoms with Crippen LogP contribution in [-0.4, -0.2) is 67.3 Å². The summed E-state index contributed by atoms with van der Waals surface area (Å²) in [5, 5.41) is 9.64. The summed E-state index contributed by atoms with van der Waals surface area (Å²) in [7, 11) is 6.21. The Kier molecular flexibility index (Phi) is 11.5. The van der Waals surface area contributed by atoms with Crippen LogP contribution in [0.25, 0.3) is 0 Å². The third kappa shape index (κ3) is 7.14. The summed E-state index contributed by atoms with van der Waals surface area (Å²) in [6.45, 7) is 8.79. The highest BCUT2D eigenvalue weighted by molar-refractivity contribution is 5.94. The fourth-order valence-electron chi connectivity index (χ4n) is 6.57. The van der Waals surface area contributed by atoms with E-state index in [9.17, 15) is 14.7 Å². The Balaban J connectivity index is 0.000000232. The maximum atomic E-state index is 13.2. The number of phenols is 1. The normalized spacial score (nSPS) is 16.0. The van der Waals surface area contributed by atoms with Gasteiger partial charge in [-0.1, -0.05) is 93.6 Å². The number of rotatable bonds is 10. The molecule has 1 unspecified atom stereocenters. The van der Waals surface area contributed by atoms with Crippen LogP contribution < -0.4 is 0 Å². The minimum Gasteiger partial charge on any atom is -0.508 e. The molecule has 0 aliphatic carbocycles. The van der Waals surface area contributed by atoms with Crippen LogP contribution in [0.1, 0.15) is 63.1 Å². The van der Waals surface area contributed by atoms with Crippen molar-refractivity contribution in [3.05, 3.63) is 102 Å². The van der Waals surface area contributed by atoms with Crippen LogP contribution in [0.5, 0.6) is 5.75 Å². The average Bonchev–Trinajstić information content (AvgIpc) is 2.98. The van der Waals surface area contributed by atoms with Crippen LogP contribution >= 0.6 is 0 Å². The second kappa shape index (κ2) is 14.6. The van der Waals surface area contributed by atoms with Gasteiger partial charge in [0.1, 0.15) is 17.3 Å². The van der Waals surface area contributed by atoms with Gasteiger partial charge in [-0.25, -0.2) is 0 Å². The molecule has 0 saturated carbocycles. The highest BCUT2D eigenvalue weighted by atomic mass is 16.3. The van der Waals surface area contributed by atoms with E-state index < -0.39 is 5.41 Å². The zero-order chi connectivity index (χ0) is 30.0. The van der Waals surface area contributed by atoms with Gasteiger partial charge in [-0.15, -0.1) is 0 Å². The first kappa shape index (κ1) is 32.2. The lowest BCUT2D eigenvalue weighted by Crippen LogP contribution is -2.46. The molecule has 5 heteroatoms. The lowest BCUT2D eigenvalue weighted by molar-refractivity contribution is -0.126. The number of likely N-dealkylation sites (tertiary alicyclic amines) is 1. The van der Waals surface area contributed by atoms with E-state index in [1.165, 1.54) is 0 Å². The molecule has 1 aliphatic heterocycles. The van der Waals surface area contributed by atoms with E-state index in [2.05, 4.69) is 62.1 Å². The van der Waals surface area contributed by atoms with Gasteiger partial charge < -0.3 is 14.9 Å². The SMILES string of the molecule is CCC(=O)C(c1ccccc1)(c1ccccc1)C(C)CN(C)C.CCC(=O)C1(c2cccc(O)c2)CCN(C)CC1. The lowest BCUT2D eigenvalue weighted by Gasteiger charge is -2.40. The highest BCUT2D eigenvalue weighted by Gasteiger charge is 2.45. The van der Waals surface area contributed by atoms with Gasteiger partial charge in [-0.3, -0.25) is 9.59 Å². The monoisotopic (exact) mass is 556 g/mol. The molecule has 1 fully saturated rings. The first-order valence-corrected chi connectivity index (χ1v) is 14.9. The first-order valence-electron chi connectivity index (χ1n) is 14.9. The van der Waals surface area contributed by atoms with Gasteiger partial charge in [0, 0.05) is 19.4 Å². The average molecular weight is 557 g/mol. The van der Waals surface area contributed by atoms with Gasteiger partial charge in [-0.05, 0) is 81.8 Å². The summed E-state index contributed by atoms with van der Waals surface area (Å²) in [6.07, 6.45) is 2.78. The van der Waals surface area contributed by atoms with E-state index in [4.69, 9.17) is 0 Å². The quantitative estimate of drug-likeness (QED) is 0.310. The number of carbonyl (C=O) groups excluding carboxylic acids is 2. The fraction of sp³-hybridized carbons (Fsp3) is 0.444. The van der Waals surface area contributed by atoms with Gasteiger partial charge in [0.15, 0.2) is 0 Å². The number of ketones is 2. The number of carbonyl (C=O) groups is 2. The Bertz CT molecular complexity index is 1210. The second-order valence-electron chi connectivity index (χ2n) is 11.7. The molecule has 220 valence electrons. The van der Waals surface area contributed by atoms with Crippen molar-refractivity contribution in [3.63, 3.8) is 0 Å². The summed E-state index contributed by atoms with van der Waals surface area (Å²) < 4.78 is 0. The number of hydrogen-bond acceptors (Lipinski definition) is 5. The molecule has 0 spiro atoms. The molecule has 0 bridgehead atoms. The molecule has 1 heterocycles. The number of piperidine rings is 1. The minimum absolute atomic E-state index is 0.176. The number of phenolic OH excluding ortho intramolecular Hbond substituents is 1. The van der Waals surface area contributed by atoms with E-state index >= 15 is 0 Å². The Hall–Kier alpha value is -3.28. The molecule has 1 atom stereocenters. The maximum absolute atomic E-state index is 13.2. The van der Waals surface area contributed by atoms with Gasteiger partial charge in [0.05, 0.1) is 10.8 Å². The van der Waals surface area contributed by atoms with E-state index in [1.54, 1.807) is 12.1 Å². The van der Waals surface area contributed by atoms with Crippen molar-refractivity contribution >= 4 is 11.6 Å². The zero-order valence-electron chi connectivity index (χ0n) is 25.8. The smallest absolute Gasteiger partial charge is 0.147 e. The van der Waals surface area contributed by atoms with Crippen molar-refractivity contribution in [1.82, 2.24) is 9.80 Å². The summed E-state index contributed by atoms with van der Waals surface area (Å²) in [4.78, 5) is 30.1. The van der Waals surface area contributed by atoms with Crippen molar-refractivity contribution in [2.75, 3.05) is 40.8 Å². The topological polar surface area (TPSA) is 60.9 Å². The van der Waals surface area contributed by atoms with Crippen molar-refractivity contribution in [3.8, 4) is 5.75 Å². The second-order valence-corrected chi connectivity index (χ2v) is 11.7. The third-order valence-electron chi connectivity index (χ3n) is 8.69. The van der Waals surface area contributed by atoms with Crippen molar-refractivity contribution in [2.24, 2.45) is 5.92 Å². The molecule has 41 heavy (non-hydrogen) atoms. The summed E-state index contributed by atoms with van der Waals surface area (Å²) in [6, 6.07) is 27.7. The van der Waals surface area contributed by atoms with Crippen LogP contribution in [0.4, 0.5) is 0 Å². The number of aromatic hydroxyl groups is 1. The van der Waals surface area contributed by atoms with Crippen LogP contribution in [0, 0.1) is 5.92 Å². The molecule has 4 rings (SSSR count). The Labute approximate surface area is 247 Å². The number of benzene rings is 3. The minimum atomic E-state index is -0.596. The molecule has 3 aromatic carbocycles. The summed E-state index contributed by atoms with van der Waals surface area (Å²) >= 11 is 0. The number of hydrogen-bond donors (Lipinski definition) is 1. The zero-order valence-corrected chi connectivity index (χ0v) is 25.8. The van der Waals surface area contributed by atoms with E-state index in [1.807, 2.05) is 62.4 Å². The molecular formula is C36H48N2O3. The van der Waals surface area contributed by atoms with Crippen molar-refractivity contribution in [1.29, 1.82) is 0 Å². The molecule has 1 aliphatic rings. The van der Waals surface area contributed by atoms with E-state index in [-0.39, 0.29) is 22.9 Å². The predicted molar refractivity (Wildman–Crippen MR) is 168 cm³/mol. The lowest BCUT2D eigenvalue weighted by atomic mass is 9.63. The molecule has 0 amide bonds. The molecule has 3 aromatic rings. The Morgan fingerprint density at radius 2 is 1.41 bits per heavy atom. The van der Waals surface area contributed by atoms with Gasteiger partial charge in [-0.2, -0.15) is 0 Å². The number of nitrogens with zero attached hydrogens (tertiary/aromatic N) is 2. The van der Waals surface area contributed by atoms with Crippen LogP contribution in [0.15, 0.2) is 84.9 Å². The molecule has 5 nitrogen and oxygen atoms in total. The molecule has 1 N–H and O–H groups in total. The standard InChI is InChI=1S/C21H27NO.C15H21NO2/c1-5-20(23)21(17(2)16-22(3)4,18-12-8-6-9-13-18)19-14-10-7-11-15-19;1-3-14(18)15(7-9-16(2)10-8-15)12-5-4-6-13(17)11-12/h6-15,17H,5,16H2,1-4H3;4-6,11,17H,3,7-10H2,1-2H3. The summed E-state index contributed by atoms with van der Waals surface area (Å²) in [5.41, 5.74) is 2.17. The first-order chi connectivity index (χ1) is 19.6. The van der Waals surface area contributed by atoms with E-state index in [0.29, 0.717) is 18.6 Å². The van der Waals surface area contributed by atoms with Crippen LogP contribution in [0.2, 0.25) is 0 Å². The molecular weight excluding hydrogens is 508 g/mol. The third-order valence-corrected chi connectivity index (χ3v) is 8.69. The van der Waals surface area contributed by atoms with Gasteiger partial charge >= 0.3 is 0 Å². The fourth-order valence-corrected chi connectivity index (χ4v) is 6.57. The maximum Gasteiger partial charge on any atom is 0.147 e. The van der Waals surface area contributed by atoms with Gasteiger partial charge in [0.2, 0.25) is 0 Å². The summed E-state index contributed by atoms with van der Waals surface area (Å²) in [5.74, 6) is 0.995. The molecule has 0 aromatic heterocycles. The largest absolute Gasteiger partial charge is 0.508 e. The molecule has 0 radical (unpaired) electrons. The van der Waals surface area contributed by atoms with Crippen LogP contribution in [-0.2, 0) is 20.4 Å². The van der Waals surface area contributed by atoms with Crippen molar-refractivity contribution < 1.29 is 14.7 Å². The highest BCUT2D eigenvalue weighted by Crippen LogP contribution is 2.42.